The molecule has 2 bridgehead atoms. The minimum atomic E-state index is -1.49. The van der Waals surface area contributed by atoms with Crippen LogP contribution in [0.5, 0.6) is 0 Å². The van der Waals surface area contributed by atoms with Gasteiger partial charge in [-0.05, 0) is 57.3 Å². The lowest BCUT2D eigenvalue weighted by Gasteiger charge is -2.50. The molecule has 0 aromatic rings. The van der Waals surface area contributed by atoms with E-state index in [2.05, 4.69) is 20.8 Å². The van der Waals surface area contributed by atoms with E-state index in [1.807, 2.05) is 0 Å². The van der Waals surface area contributed by atoms with Crippen LogP contribution in [-0.4, -0.2) is 22.6 Å². The summed E-state index contributed by atoms with van der Waals surface area (Å²) in [5.74, 6) is 0.812. The maximum absolute atomic E-state index is 12.7. The van der Waals surface area contributed by atoms with Gasteiger partial charge in [0, 0.05) is 11.3 Å². The highest BCUT2D eigenvalue weighted by molar-refractivity contribution is 5.98. The van der Waals surface area contributed by atoms with Gasteiger partial charge in [0.2, 0.25) is 0 Å². The quantitative estimate of drug-likeness (QED) is 0.632. The van der Waals surface area contributed by atoms with Gasteiger partial charge in [-0.25, -0.2) is 0 Å². The first-order valence-corrected chi connectivity index (χ1v) is 8.97. The maximum Gasteiger partial charge on any atom is 0.323 e. The molecule has 4 heteroatoms. The van der Waals surface area contributed by atoms with Crippen molar-refractivity contribution in [3.63, 3.8) is 0 Å². The van der Waals surface area contributed by atoms with Crippen LogP contribution in [0.25, 0.3) is 0 Å². The number of carboxylic acid groups (broad SMARTS) is 1. The largest absolute Gasteiger partial charge is 0.480 e. The van der Waals surface area contributed by atoms with Gasteiger partial charge >= 0.3 is 11.9 Å². The molecular formula is C19H30O4. The predicted octanol–water partition coefficient (Wildman–Crippen LogP) is 3.88. The Morgan fingerprint density at radius 2 is 1.70 bits per heavy atom. The van der Waals surface area contributed by atoms with Gasteiger partial charge in [-0.1, -0.05) is 27.2 Å². The number of rotatable bonds is 3. The molecule has 0 aromatic carbocycles. The Morgan fingerprint density at radius 1 is 1.09 bits per heavy atom. The molecular weight excluding hydrogens is 292 g/mol. The van der Waals surface area contributed by atoms with Gasteiger partial charge in [0.1, 0.15) is 5.60 Å². The van der Waals surface area contributed by atoms with Crippen molar-refractivity contribution in [1.82, 2.24) is 0 Å². The van der Waals surface area contributed by atoms with E-state index >= 15 is 0 Å². The Morgan fingerprint density at radius 3 is 2.26 bits per heavy atom. The SMILES string of the molecule is CC(C)(C(=O)O)C(=O)OC1(C(C)(C)C)CC2CC1C1CCCC21. The monoisotopic (exact) mass is 322 g/mol. The summed E-state index contributed by atoms with van der Waals surface area (Å²) in [6.07, 6.45) is 5.90. The maximum atomic E-state index is 12.7. The number of esters is 1. The third-order valence-electron chi connectivity index (χ3n) is 7.06. The number of ether oxygens (including phenoxy) is 1. The van der Waals surface area contributed by atoms with E-state index in [-0.39, 0.29) is 5.41 Å². The van der Waals surface area contributed by atoms with Crippen LogP contribution in [0.15, 0.2) is 0 Å². The van der Waals surface area contributed by atoms with Crippen LogP contribution < -0.4 is 0 Å². The first kappa shape index (κ1) is 16.8. The first-order valence-electron chi connectivity index (χ1n) is 8.97. The standard InChI is InChI=1S/C19H30O4/c1-17(2,3)19(23-16(22)18(4,5)15(20)21)10-11-9-14(19)13-8-6-7-12(11)13/h11-14H,6-10H2,1-5H3,(H,20,21). The van der Waals surface area contributed by atoms with Crippen LogP contribution in [0.3, 0.4) is 0 Å². The average Bonchev–Trinajstić information content (AvgIpc) is 3.07. The van der Waals surface area contributed by atoms with E-state index < -0.39 is 23.0 Å². The van der Waals surface area contributed by atoms with Crippen LogP contribution >= 0.6 is 0 Å². The van der Waals surface area contributed by atoms with E-state index in [1.54, 1.807) is 0 Å². The Kier molecular flexibility index (Phi) is 3.63. The van der Waals surface area contributed by atoms with E-state index in [0.717, 1.165) is 18.8 Å². The molecule has 1 N–H and O–H groups in total. The molecule has 3 saturated carbocycles. The number of hydrogen-bond donors (Lipinski definition) is 1. The van der Waals surface area contributed by atoms with E-state index in [4.69, 9.17) is 4.74 Å². The molecule has 3 fully saturated rings. The van der Waals surface area contributed by atoms with Crippen molar-refractivity contribution >= 4 is 11.9 Å². The number of fused-ring (bicyclic) bond motifs is 5. The smallest absolute Gasteiger partial charge is 0.323 e. The fraction of sp³-hybridized carbons (Fsp3) is 0.895. The second-order valence-electron chi connectivity index (χ2n) is 9.52. The zero-order chi connectivity index (χ0) is 17.2. The molecule has 0 amide bonds. The molecule has 0 heterocycles. The number of carbonyl (C=O) groups excluding carboxylic acids is 1. The minimum absolute atomic E-state index is 0.176. The molecule has 5 unspecified atom stereocenters. The first-order chi connectivity index (χ1) is 10.5. The lowest BCUT2D eigenvalue weighted by atomic mass is 9.62. The van der Waals surface area contributed by atoms with E-state index in [9.17, 15) is 14.7 Å². The highest BCUT2D eigenvalue weighted by Crippen LogP contribution is 2.67. The Hall–Kier alpha value is -1.06. The van der Waals surface area contributed by atoms with Gasteiger partial charge in [0.05, 0.1) is 0 Å². The van der Waals surface area contributed by atoms with E-state index in [1.165, 1.54) is 33.1 Å². The lowest BCUT2D eigenvalue weighted by Crippen LogP contribution is -2.56. The highest BCUT2D eigenvalue weighted by atomic mass is 16.6. The molecule has 130 valence electrons. The van der Waals surface area contributed by atoms with Gasteiger partial charge in [0.25, 0.3) is 0 Å². The topological polar surface area (TPSA) is 63.6 Å². The van der Waals surface area contributed by atoms with Crippen LogP contribution in [0.4, 0.5) is 0 Å². The molecule has 0 saturated heterocycles. The molecule has 0 aromatic heterocycles. The van der Waals surface area contributed by atoms with Gasteiger partial charge in [-0.15, -0.1) is 0 Å². The number of hydrogen-bond acceptors (Lipinski definition) is 3. The summed E-state index contributed by atoms with van der Waals surface area (Å²) in [6.45, 7) is 9.30. The van der Waals surface area contributed by atoms with Gasteiger partial charge in [-0.3, -0.25) is 9.59 Å². The third kappa shape index (κ3) is 2.24. The third-order valence-corrected chi connectivity index (χ3v) is 7.06. The highest BCUT2D eigenvalue weighted by Gasteiger charge is 2.67. The van der Waals surface area contributed by atoms with Crippen molar-refractivity contribution in [3.8, 4) is 0 Å². The molecule has 3 aliphatic carbocycles. The van der Waals surface area contributed by atoms with Crippen molar-refractivity contribution in [2.45, 2.75) is 72.3 Å². The average molecular weight is 322 g/mol. The summed E-state index contributed by atoms with van der Waals surface area (Å²) in [7, 11) is 0. The Labute approximate surface area is 139 Å². The van der Waals surface area contributed by atoms with Gasteiger partial charge in [0.15, 0.2) is 5.41 Å². The summed E-state index contributed by atoms with van der Waals surface area (Å²) in [6, 6.07) is 0. The second-order valence-corrected chi connectivity index (χ2v) is 9.52. The van der Waals surface area contributed by atoms with Crippen molar-refractivity contribution in [1.29, 1.82) is 0 Å². The molecule has 0 aliphatic heterocycles. The van der Waals surface area contributed by atoms with Crippen LogP contribution in [0, 0.1) is 34.5 Å². The normalized spacial score (nSPS) is 39.3. The molecule has 0 spiro atoms. The Bertz CT molecular complexity index is 530. The zero-order valence-corrected chi connectivity index (χ0v) is 15.0. The number of carboxylic acids is 1. The van der Waals surface area contributed by atoms with Crippen LogP contribution in [0.1, 0.15) is 66.7 Å². The summed E-state index contributed by atoms with van der Waals surface area (Å²) in [4.78, 5) is 24.1. The number of aliphatic carboxylic acids is 1. The minimum Gasteiger partial charge on any atom is -0.480 e. The van der Waals surface area contributed by atoms with Crippen LogP contribution in [0.2, 0.25) is 0 Å². The fourth-order valence-corrected chi connectivity index (χ4v) is 5.60. The van der Waals surface area contributed by atoms with Crippen LogP contribution in [-0.2, 0) is 14.3 Å². The summed E-state index contributed by atoms with van der Waals surface area (Å²) >= 11 is 0. The molecule has 3 rings (SSSR count). The van der Waals surface area contributed by atoms with E-state index in [0.29, 0.717) is 17.8 Å². The Balaban J connectivity index is 1.92. The molecule has 0 radical (unpaired) electrons. The summed E-state index contributed by atoms with van der Waals surface area (Å²) in [5, 5.41) is 9.35. The van der Waals surface area contributed by atoms with Crippen molar-refractivity contribution < 1.29 is 19.4 Å². The second kappa shape index (κ2) is 4.97. The molecule has 3 aliphatic rings. The lowest BCUT2D eigenvalue weighted by molar-refractivity contribution is -0.202. The molecule has 23 heavy (non-hydrogen) atoms. The predicted molar refractivity (Wildman–Crippen MR) is 86.7 cm³/mol. The molecule has 5 atom stereocenters. The van der Waals surface area contributed by atoms with Crippen molar-refractivity contribution in [2.75, 3.05) is 0 Å². The van der Waals surface area contributed by atoms with Crippen molar-refractivity contribution in [2.24, 2.45) is 34.5 Å². The summed E-state index contributed by atoms with van der Waals surface area (Å²) in [5.41, 5.74) is -2.17. The van der Waals surface area contributed by atoms with Gasteiger partial charge < -0.3 is 9.84 Å². The van der Waals surface area contributed by atoms with Gasteiger partial charge in [-0.2, -0.15) is 0 Å². The molecule has 4 nitrogen and oxygen atoms in total. The van der Waals surface area contributed by atoms with Crippen molar-refractivity contribution in [3.05, 3.63) is 0 Å². The number of carbonyl (C=O) groups is 2. The summed E-state index contributed by atoms with van der Waals surface area (Å²) < 4.78 is 6.11. The zero-order valence-electron chi connectivity index (χ0n) is 15.0. The fourth-order valence-electron chi connectivity index (χ4n) is 5.60.